The second kappa shape index (κ2) is 4.37. The number of benzene rings is 1. The number of halogens is 2. The van der Waals surface area contributed by atoms with Gasteiger partial charge in [0, 0.05) is 17.3 Å². The van der Waals surface area contributed by atoms with Crippen LogP contribution in [0.5, 0.6) is 0 Å². The Balaban J connectivity index is 2.61. The molecule has 0 bridgehead atoms. The SMILES string of the molecule is OCc1ccnc(-c2ccccc2F)c1F. The molecule has 0 radical (unpaired) electrons. The summed E-state index contributed by atoms with van der Waals surface area (Å²) >= 11 is 0. The number of nitrogens with zero attached hydrogens (tertiary/aromatic N) is 1. The molecule has 0 unspecified atom stereocenters. The maximum atomic E-state index is 13.7. The summed E-state index contributed by atoms with van der Waals surface area (Å²) in [5, 5.41) is 8.90. The Bertz CT molecular complexity index is 514. The van der Waals surface area contributed by atoms with Crippen LogP contribution >= 0.6 is 0 Å². The summed E-state index contributed by atoms with van der Waals surface area (Å²) in [6, 6.07) is 7.17. The van der Waals surface area contributed by atoms with Crippen molar-refractivity contribution in [3.8, 4) is 11.3 Å². The van der Waals surface area contributed by atoms with Crippen LogP contribution in [0.4, 0.5) is 8.78 Å². The van der Waals surface area contributed by atoms with E-state index in [4.69, 9.17) is 5.11 Å². The summed E-state index contributed by atoms with van der Waals surface area (Å²) in [4.78, 5) is 3.79. The zero-order chi connectivity index (χ0) is 11.5. The maximum absolute atomic E-state index is 13.7. The van der Waals surface area contributed by atoms with Crippen molar-refractivity contribution in [2.24, 2.45) is 0 Å². The minimum atomic E-state index is -0.685. The second-order valence-corrected chi connectivity index (χ2v) is 3.27. The predicted molar refractivity (Wildman–Crippen MR) is 55.5 cm³/mol. The van der Waals surface area contributed by atoms with E-state index in [0.29, 0.717) is 0 Å². The van der Waals surface area contributed by atoms with Crippen LogP contribution in [-0.4, -0.2) is 10.1 Å². The minimum Gasteiger partial charge on any atom is -0.392 e. The van der Waals surface area contributed by atoms with Gasteiger partial charge in [0.1, 0.15) is 11.5 Å². The molecular formula is C12H9F2NO. The summed E-state index contributed by atoms with van der Waals surface area (Å²) in [5.74, 6) is -1.22. The molecule has 0 saturated carbocycles. The molecule has 16 heavy (non-hydrogen) atoms. The Morgan fingerprint density at radius 1 is 1.12 bits per heavy atom. The van der Waals surface area contributed by atoms with Gasteiger partial charge < -0.3 is 5.11 Å². The van der Waals surface area contributed by atoms with E-state index in [9.17, 15) is 8.78 Å². The van der Waals surface area contributed by atoms with Gasteiger partial charge >= 0.3 is 0 Å². The Kier molecular flexibility index (Phi) is 2.92. The van der Waals surface area contributed by atoms with E-state index >= 15 is 0 Å². The third-order valence-electron chi connectivity index (χ3n) is 2.27. The summed E-state index contributed by atoms with van der Waals surface area (Å²) in [7, 11) is 0. The van der Waals surface area contributed by atoms with Gasteiger partial charge in [0.25, 0.3) is 0 Å². The van der Waals surface area contributed by atoms with Crippen LogP contribution in [0.15, 0.2) is 36.5 Å². The molecule has 1 aromatic heterocycles. The van der Waals surface area contributed by atoms with Crippen molar-refractivity contribution in [3.63, 3.8) is 0 Å². The molecule has 0 saturated heterocycles. The largest absolute Gasteiger partial charge is 0.392 e. The molecule has 2 rings (SSSR count). The van der Waals surface area contributed by atoms with Crippen LogP contribution < -0.4 is 0 Å². The molecule has 2 nitrogen and oxygen atoms in total. The number of rotatable bonds is 2. The quantitative estimate of drug-likeness (QED) is 0.845. The molecule has 0 atom stereocenters. The van der Waals surface area contributed by atoms with Gasteiger partial charge in [-0.15, -0.1) is 0 Å². The first-order valence-corrected chi connectivity index (χ1v) is 4.73. The van der Waals surface area contributed by atoms with Gasteiger partial charge in [-0.1, -0.05) is 12.1 Å². The Labute approximate surface area is 91.2 Å². The fraction of sp³-hybridized carbons (Fsp3) is 0.0833. The van der Waals surface area contributed by atoms with Crippen LogP contribution in [0.2, 0.25) is 0 Å². The zero-order valence-electron chi connectivity index (χ0n) is 8.32. The molecule has 1 aromatic carbocycles. The lowest BCUT2D eigenvalue weighted by Crippen LogP contribution is -1.97. The molecule has 0 amide bonds. The van der Waals surface area contributed by atoms with Crippen LogP contribution in [0.25, 0.3) is 11.3 Å². The Hall–Kier alpha value is -1.81. The van der Waals surface area contributed by atoms with Crippen molar-refractivity contribution in [2.45, 2.75) is 6.61 Å². The first-order valence-electron chi connectivity index (χ1n) is 4.73. The van der Waals surface area contributed by atoms with E-state index in [1.54, 1.807) is 6.07 Å². The van der Waals surface area contributed by atoms with Crippen molar-refractivity contribution in [2.75, 3.05) is 0 Å². The molecule has 1 heterocycles. The number of pyridine rings is 1. The maximum Gasteiger partial charge on any atom is 0.155 e. The van der Waals surface area contributed by atoms with Crippen molar-refractivity contribution < 1.29 is 13.9 Å². The van der Waals surface area contributed by atoms with Gasteiger partial charge in [0.15, 0.2) is 5.82 Å². The highest BCUT2D eigenvalue weighted by Gasteiger charge is 2.13. The van der Waals surface area contributed by atoms with E-state index in [2.05, 4.69) is 4.98 Å². The van der Waals surface area contributed by atoms with Gasteiger partial charge in [0.05, 0.1) is 6.61 Å². The predicted octanol–water partition coefficient (Wildman–Crippen LogP) is 2.52. The topological polar surface area (TPSA) is 33.1 Å². The lowest BCUT2D eigenvalue weighted by Gasteiger charge is -2.06. The number of aromatic nitrogens is 1. The number of aliphatic hydroxyl groups excluding tert-OH is 1. The zero-order valence-corrected chi connectivity index (χ0v) is 8.32. The third-order valence-corrected chi connectivity index (χ3v) is 2.27. The van der Waals surface area contributed by atoms with E-state index in [-0.39, 0.29) is 16.8 Å². The van der Waals surface area contributed by atoms with E-state index in [1.165, 1.54) is 30.5 Å². The highest BCUT2D eigenvalue weighted by molar-refractivity contribution is 5.61. The molecule has 1 N–H and O–H groups in total. The fourth-order valence-electron chi connectivity index (χ4n) is 1.45. The molecule has 82 valence electrons. The standard InChI is InChI=1S/C12H9F2NO/c13-10-4-2-1-3-9(10)12-11(14)8(7-16)5-6-15-12/h1-6,16H,7H2. The number of hydrogen-bond donors (Lipinski definition) is 1. The fourth-order valence-corrected chi connectivity index (χ4v) is 1.45. The van der Waals surface area contributed by atoms with E-state index < -0.39 is 18.2 Å². The van der Waals surface area contributed by atoms with Gasteiger partial charge in [-0.2, -0.15) is 0 Å². The van der Waals surface area contributed by atoms with E-state index in [0.717, 1.165) is 0 Å². The summed E-state index contributed by atoms with van der Waals surface area (Å²) in [6.07, 6.45) is 1.34. The van der Waals surface area contributed by atoms with Gasteiger partial charge in [-0.05, 0) is 18.2 Å². The normalized spacial score (nSPS) is 10.4. The van der Waals surface area contributed by atoms with Gasteiger partial charge in [-0.25, -0.2) is 8.78 Å². The van der Waals surface area contributed by atoms with Gasteiger partial charge in [0.2, 0.25) is 0 Å². The number of aliphatic hydroxyl groups is 1. The van der Waals surface area contributed by atoms with Crippen molar-refractivity contribution in [1.29, 1.82) is 0 Å². The molecule has 0 fully saturated rings. The summed E-state index contributed by atoms with van der Waals surface area (Å²) in [6.45, 7) is -0.435. The minimum absolute atomic E-state index is 0.0790. The third kappa shape index (κ3) is 1.79. The smallest absolute Gasteiger partial charge is 0.155 e. The molecular weight excluding hydrogens is 212 g/mol. The first kappa shape index (κ1) is 10.7. The molecule has 0 aliphatic heterocycles. The average molecular weight is 221 g/mol. The van der Waals surface area contributed by atoms with Crippen LogP contribution in [0, 0.1) is 11.6 Å². The highest BCUT2D eigenvalue weighted by atomic mass is 19.1. The molecule has 0 spiro atoms. The Morgan fingerprint density at radius 2 is 1.88 bits per heavy atom. The van der Waals surface area contributed by atoms with E-state index in [1.807, 2.05) is 0 Å². The lowest BCUT2D eigenvalue weighted by atomic mass is 10.1. The van der Waals surface area contributed by atoms with Crippen LogP contribution in [0.1, 0.15) is 5.56 Å². The average Bonchev–Trinajstić information content (AvgIpc) is 2.31. The monoisotopic (exact) mass is 221 g/mol. The Morgan fingerprint density at radius 3 is 2.56 bits per heavy atom. The van der Waals surface area contributed by atoms with Crippen molar-refractivity contribution in [1.82, 2.24) is 4.98 Å². The van der Waals surface area contributed by atoms with Crippen LogP contribution in [0.3, 0.4) is 0 Å². The second-order valence-electron chi connectivity index (χ2n) is 3.27. The van der Waals surface area contributed by atoms with Crippen molar-refractivity contribution >= 4 is 0 Å². The summed E-state index contributed by atoms with van der Waals surface area (Å²) in [5.41, 5.74) is 0.119. The van der Waals surface area contributed by atoms with Crippen LogP contribution in [-0.2, 0) is 6.61 Å². The molecule has 2 aromatic rings. The number of hydrogen-bond acceptors (Lipinski definition) is 2. The molecule has 0 aliphatic carbocycles. The van der Waals surface area contributed by atoms with Gasteiger partial charge in [-0.3, -0.25) is 4.98 Å². The lowest BCUT2D eigenvalue weighted by molar-refractivity contribution is 0.275. The first-order chi connectivity index (χ1) is 7.74. The molecule has 4 heteroatoms. The highest BCUT2D eigenvalue weighted by Crippen LogP contribution is 2.24. The molecule has 0 aliphatic rings. The summed E-state index contributed by atoms with van der Waals surface area (Å²) < 4.78 is 27.2. The van der Waals surface area contributed by atoms with Crippen molar-refractivity contribution in [3.05, 3.63) is 53.7 Å².